The van der Waals surface area contributed by atoms with E-state index >= 15 is 0 Å². The van der Waals surface area contributed by atoms with Crippen molar-refractivity contribution in [1.82, 2.24) is 5.73 Å². The zero-order valence-electron chi connectivity index (χ0n) is 8.33. The predicted molar refractivity (Wildman–Crippen MR) is 60.1 cm³/mol. The lowest BCUT2D eigenvalue weighted by Crippen LogP contribution is -1.96. The molecule has 1 N–H and O–H groups in total. The molecular weight excluding hydrogens is 170 g/mol. The van der Waals surface area contributed by atoms with Crippen LogP contribution in [-0.2, 0) is 0 Å². The van der Waals surface area contributed by atoms with Gasteiger partial charge in [0.05, 0.1) is 0 Å². The Balaban J connectivity index is 2.51. The molecule has 2 aromatic rings. The van der Waals surface area contributed by atoms with E-state index in [1.807, 2.05) is 19.1 Å². The Kier molecular flexibility index (Phi) is 2.51. The molecule has 2 aromatic carbocycles. The molecule has 1 unspecified atom stereocenters. The van der Waals surface area contributed by atoms with Gasteiger partial charge < -0.3 is 0 Å². The Morgan fingerprint density at radius 2 is 1.79 bits per heavy atom. The zero-order chi connectivity index (χ0) is 9.97. The average Bonchev–Trinajstić information content (AvgIpc) is 2.27. The molecule has 0 bridgehead atoms. The molecule has 0 heterocycles. The van der Waals surface area contributed by atoms with Crippen molar-refractivity contribution in [2.24, 2.45) is 0 Å². The van der Waals surface area contributed by atoms with E-state index in [2.05, 4.69) is 30.3 Å². The van der Waals surface area contributed by atoms with Crippen LogP contribution >= 0.6 is 0 Å². The van der Waals surface area contributed by atoms with Crippen LogP contribution in [0, 0.1) is 0 Å². The molecule has 2 rings (SSSR count). The Hall–Kier alpha value is -1.34. The molecule has 0 aliphatic heterocycles. The van der Waals surface area contributed by atoms with Crippen molar-refractivity contribution in [2.45, 2.75) is 19.4 Å². The van der Waals surface area contributed by atoms with Crippen LogP contribution in [0.4, 0.5) is 0 Å². The number of rotatable bonds is 2. The summed E-state index contributed by atoms with van der Waals surface area (Å²) in [5.74, 6) is 0. The van der Waals surface area contributed by atoms with Gasteiger partial charge in [-0.3, -0.25) is 0 Å². The van der Waals surface area contributed by atoms with Gasteiger partial charge in [-0.05, 0) is 28.8 Å². The molecule has 14 heavy (non-hydrogen) atoms. The van der Waals surface area contributed by atoms with Gasteiger partial charge in [0.1, 0.15) is 0 Å². The van der Waals surface area contributed by atoms with Gasteiger partial charge in [-0.25, -0.2) is 5.73 Å². The smallest absolute Gasteiger partial charge is 0.0460 e. The maximum absolute atomic E-state index is 7.84. The maximum Gasteiger partial charge on any atom is 0.0460 e. The summed E-state index contributed by atoms with van der Waals surface area (Å²) in [4.78, 5) is 0. The third kappa shape index (κ3) is 1.64. The first-order chi connectivity index (χ1) is 6.81. The molecule has 0 aromatic heterocycles. The van der Waals surface area contributed by atoms with Crippen LogP contribution in [0.25, 0.3) is 10.8 Å². The molecule has 1 nitrogen and oxygen atoms in total. The topological polar surface area (TPSA) is 23.8 Å². The van der Waals surface area contributed by atoms with Crippen molar-refractivity contribution in [3.8, 4) is 0 Å². The van der Waals surface area contributed by atoms with Gasteiger partial charge in [-0.15, -0.1) is 0 Å². The van der Waals surface area contributed by atoms with Crippen LogP contribution in [0.2, 0.25) is 0 Å². The number of fused-ring (bicyclic) bond motifs is 1. The van der Waals surface area contributed by atoms with Crippen LogP contribution < -0.4 is 5.73 Å². The third-order valence-corrected chi connectivity index (χ3v) is 2.58. The minimum Gasteiger partial charge on any atom is -0.250 e. The molecule has 0 spiro atoms. The summed E-state index contributed by atoms with van der Waals surface area (Å²) >= 11 is 0. The van der Waals surface area contributed by atoms with E-state index in [0.29, 0.717) is 0 Å². The molecule has 0 fully saturated rings. The summed E-state index contributed by atoms with van der Waals surface area (Å²) in [6.45, 7) is 2.05. The lowest BCUT2D eigenvalue weighted by atomic mass is 10.0. The number of hydrogen-bond donors (Lipinski definition) is 0. The summed E-state index contributed by atoms with van der Waals surface area (Å²) < 4.78 is 0. The lowest BCUT2D eigenvalue weighted by molar-refractivity contribution is 0.677. The highest BCUT2D eigenvalue weighted by Gasteiger charge is 2.03. The Labute approximate surface area is 84.5 Å². The molecule has 0 aliphatic carbocycles. The highest BCUT2D eigenvalue weighted by Crippen LogP contribution is 2.21. The highest BCUT2D eigenvalue weighted by molar-refractivity contribution is 5.83. The lowest BCUT2D eigenvalue weighted by Gasteiger charge is -2.08. The molecule has 0 aliphatic rings. The fourth-order valence-electron chi connectivity index (χ4n) is 1.66. The van der Waals surface area contributed by atoms with E-state index in [4.69, 9.17) is 5.73 Å². The Morgan fingerprint density at radius 3 is 2.50 bits per heavy atom. The van der Waals surface area contributed by atoms with Crippen molar-refractivity contribution < 1.29 is 0 Å². The van der Waals surface area contributed by atoms with Crippen LogP contribution in [0.5, 0.6) is 0 Å². The summed E-state index contributed by atoms with van der Waals surface area (Å²) in [6.07, 6.45) is 0.873. The normalized spacial score (nSPS) is 13.0. The van der Waals surface area contributed by atoms with Gasteiger partial charge in [-0.2, -0.15) is 0 Å². The second-order valence-electron chi connectivity index (χ2n) is 3.57. The fraction of sp³-hybridized carbons (Fsp3) is 0.231. The van der Waals surface area contributed by atoms with E-state index in [0.717, 1.165) is 12.0 Å². The molecule has 0 saturated carbocycles. The Bertz CT molecular complexity index is 434. The van der Waals surface area contributed by atoms with Gasteiger partial charge in [0.25, 0.3) is 0 Å². The van der Waals surface area contributed by atoms with Crippen molar-refractivity contribution in [1.29, 1.82) is 0 Å². The molecule has 1 atom stereocenters. The maximum atomic E-state index is 7.84. The quantitative estimate of drug-likeness (QED) is 0.681. The van der Waals surface area contributed by atoms with Crippen molar-refractivity contribution in [2.75, 3.05) is 0 Å². The summed E-state index contributed by atoms with van der Waals surface area (Å²) in [7, 11) is 0. The second-order valence-corrected chi connectivity index (χ2v) is 3.57. The molecule has 1 radical (unpaired) electrons. The van der Waals surface area contributed by atoms with E-state index in [-0.39, 0.29) is 6.04 Å². The van der Waals surface area contributed by atoms with E-state index in [1.165, 1.54) is 10.8 Å². The predicted octanol–water partition coefficient (Wildman–Crippen LogP) is 3.57. The third-order valence-electron chi connectivity index (χ3n) is 2.58. The van der Waals surface area contributed by atoms with Crippen molar-refractivity contribution in [3.63, 3.8) is 0 Å². The van der Waals surface area contributed by atoms with E-state index in [9.17, 15) is 0 Å². The minimum atomic E-state index is -0.0837. The van der Waals surface area contributed by atoms with Gasteiger partial charge in [0, 0.05) is 6.04 Å². The highest BCUT2D eigenvalue weighted by atomic mass is 14.6. The molecular formula is C13H14N. The summed E-state index contributed by atoms with van der Waals surface area (Å²) in [5, 5.41) is 2.48. The second kappa shape index (κ2) is 3.81. The van der Waals surface area contributed by atoms with Crippen LogP contribution in [0.1, 0.15) is 24.9 Å². The summed E-state index contributed by atoms with van der Waals surface area (Å²) in [6, 6.07) is 14.5. The first-order valence-corrected chi connectivity index (χ1v) is 5.01. The largest absolute Gasteiger partial charge is 0.250 e. The monoisotopic (exact) mass is 184 g/mol. The van der Waals surface area contributed by atoms with Crippen molar-refractivity contribution >= 4 is 10.8 Å². The standard InChI is InChI=1S/C13H14N/c1-2-13(14)12-8-7-10-5-3-4-6-11(10)9-12/h3-9,13-14H,2H2,1H3. The minimum absolute atomic E-state index is 0.0837. The first kappa shape index (κ1) is 9.22. The molecule has 1 heteroatoms. The number of benzene rings is 2. The van der Waals surface area contributed by atoms with E-state index < -0.39 is 0 Å². The fourth-order valence-corrected chi connectivity index (χ4v) is 1.66. The molecule has 0 saturated heterocycles. The first-order valence-electron chi connectivity index (χ1n) is 5.01. The number of hydrogen-bond acceptors (Lipinski definition) is 0. The molecule has 0 amide bonds. The van der Waals surface area contributed by atoms with Crippen LogP contribution in [0.15, 0.2) is 42.5 Å². The van der Waals surface area contributed by atoms with Gasteiger partial charge in [0.15, 0.2) is 0 Å². The number of nitrogens with one attached hydrogen (secondary N) is 1. The van der Waals surface area contributed by atoms with Gasteiger partial charge >= 0.3 is 0 Å². The van der Waals surface area contributed by atoms with Gasteiger partial charge in [0.2, 0.25) is 0 Å². The van der Waals surface area contributed by atoms with E-state index in [1.54, 1.807) is 0 Å². The van der Waals surface area contributed by atoms with Crippen LogP contribution in [0.3, 0.4) is 0 Å². The Morgan fingerprint density at radius 1 is 1.07 bits per heavy atom. The van der Waals surface area contributed by atoms with Crippen molar-refractivity contribution in [3.05, 3.63) is 48.0 Å². The van der Waals surface area contributed by atoms with Gasteiger partial charge in [-0.1, -0.05) is 43.3 Å². The average molecular weight is 184 g/mol. The van der Waals surface area contributed by atoms with Crippen LogP contribution in [-0.4, -0.2) is 0 Å². The molecule has 71 valence electrons. The SMILES string of the molecule is CCC([NH])c1ccc2ccccc2c1. The zero-order valence-corrected chi connectivity index (χ0v) is 8.33. The summed E-state index contributed by atoms with van der Waals surface area (Å²) in [5.41, 5.74) is 8.95.